The number of ether oxygens (including phenoxy) is 1. The van der Waals surface area contributed by atoms with E-state index in [0.29, 0.717) is 12.2 Å². The summed E-state index contributed by atoms with van der Waals surface area (Å²) in [5, 5.41) is 14.3. The molecule has 1 fully saturated rings. The van der Waals surface area contributed by atoms with Gasteiger partial charge in [0.25, 0.3) is 10.3 Å². The predicted octanol–water partition coefficient (Wildman–Crippen LogP) is 2.30. The van der Waals surface area contributed by atoms with Crippen LogP contribution in [0.4, 0.5) is 4.79 Å². The number of nitrogens with zero attached hydrogens (tertiary/aromatic N) is 1. The quantitative estimate of drug-likeness (QED) is 0.484. The Morgan fingerprint density at radius 3 is 2.59 bits per heavy atom. The van der Waals surface area contributed by atoms with E-state index in [-0.39, 0.29) is 17.8 Å². The lowest BCUT2D eigenvalue weighted by atomic mass is 10.0. The summed E-state index contributed by atoms with van der Waals surface area (Å²) < 4.78 is 5.13. The number of nitrogens with one attached hydrogen (secondary N) is 2. The molecule has 9 nitrogen and oxygen atoms in total. The zero-order valence-electron chi connectivity index (χ0n) is 15.3. The SMILES string of the molecule is COc1ccc(C2SC(=O)N[C@@H]2C(=O)N[C@H](CO[N+](=O)[O-])CC(C)C)cc1. The van der Waals surface area contributed by atoms with Gasteiger partial charge < -0.3 is 20.2 Å². The smallest absolute Gasteiger partial charge is 0.294 e. The zero-order valence-corrected chi connectivity index (χ0v) is 16.2. The highest BCUT2D eigenvalue weighted by Crippen LogP contribution is 2.38. The Labute approximate surface area is 161 Å². The maximum absolute atomic E-state index is 12.7. The van der Waals surface area contributed by atoms with Crippen molar-refractivity contribution in [3.63, 3.8) is 0 Å². The van der Waals surface area contributed by atoms with Crippen molar-refractivity contribution in [2.75, 3.05) is 13.7 Å². The van der Waals surface area contributed by atoms with Gasteiger partial charge in [-0.05, 0) is 30.0 Å². The van der Waals surface area contributed by atoms with E-state index in [1.54, 1.807) is 31.4 Å². The van der Waals surface area contributed by atoms with E-state index < -0.39 is 28.3 Å². The van der Waals surface area contributed by atoms with Gasteiger partial charge in [-0.2, -0.15) is 0 Å². The Balaban J connectivity index is 2.10. The van der Waals surface area contributed by atoms with E-state index in [0.717, 1.165) is 17.3 Å². The van der Waals surface area contributed by atoms with Crippen molar-refractivity contribution in [3.8, 4) is 5.75 Å². The van der Waals surface area contributed by atoms with Crippen molar-refractivity contribution in [1.82, 2.24) is 10.6 Å². The molecular weight excluding hydrogens is 374 g/mol. The van der Waals surface area contributed by atoms with Gasteiger partial charge in [0.1, 0.15) is 18.4 Å². The fraction of sp³-hybridized carbons (Fsp3) is 0.529. The van der Waals surface area contributed by atoms with Crippen molar-refractivity contribution >= 4 is 22.9 Å². The van der Waals surface area contributed by atoms with E-state index in [1.807, 2.05) is 13.8 Å². The van der Waals surface area contributed by atoms with E-state index in [4.69, 9.17) is 4.74 Å². The van der Waals surface area contributed by atoms with E-state index in [1.165, 1.54) is 0 Å². The van der Waals surface area contributed by atoms with Gasteiger partial charge in [-0.15, -0.1) is 10.1 Å². The number of benzene rings is 1. The first-order valence-corrected chi connectivity index (χ1v) is 9.37. The van der Waals surface area contributed by atoms with Crippen LogP contribution in [-0.4, -0.2) is 42.0 Å². The fourth-order valence-corrected chi connectivity index (χ4v) is 3.90. The third kappa shape index (κ3) is 6.02. The standard InChI is InChI=1S/C17H23N3O6S/c1-10(2)8-12(9-26-20(23)24)18-16(21)14-15(27-17(22)19-14)11-4-6-13(25-3)7-5-11/h4-7,10,12,14-15H,8-9H2,1-3H3,(H,18,21)(H,19,22)/t12-,14-,15?/m0/s1. The van der Waals surface area contributed by atoms with Gasteiger partial charge in [0.2, 0.25) is 5.91 Å². The molecule has 1 aromatic rings. The second kappa shape index (κ2) is 9.45. The Hall–Kier alpha value is -2.49. The van der Waals surface area contributed by atoms with Gasteiger partial charge in [-0.25, -0.2) is 0 Å². The van der Waals surface area contributed by atoms with Gasteiger partial charge in [0.15, 0.2) is 0 Å². The number of hydrogen-bond donors (Lipinski definition) is 2. The van der Waals surface area contributed by atoms with Crippen LogP contribution in [0.1, 0.15) is 31.1 Å². The van der Waals surface area contributed by atoms with Crippen LogP contribution < -0.4 is 15.4 Å². The maximum atomic E-state index is 12.7. The van der Waals surface area contributed by atoms with Crippen LogP contribution in [0.3, 0.4) is 0 Å². The molecule has 3 atom stereocenters. The molecule has 2 N–H and O–H groups in total. The van der Waals surface area contributed by atoms with Crippen LogP contribution in [0, 0.1) is 16.0 Å². The maximum Gasteiger partial charge on any atom is 0.294 e. The minimum Gasteiger partial charge on any atom is -0.497 e. The summed E-state index contributed by atoms with van der Waals surface area (Å²) in [7, 11) is 1.56. The molecule has 27 heavy (non-hydrogen) atoms. The molecule has 0 saturated carbocycles. The second-order valence-corrected chi connectivity index (χ2v) is 7.69. The number of carbonyl (C=O) groups excluding carboxylic acids is 2. The van der Waals surface area contributed by atoms with Crippen molar-refractivity contribution < 1.29 is 24.3 Å². The van der Waals surface area contributed by atoms with Crippen LogP contribution in [0.25, 0.3) is 0 Å². The summed E-state index contributed by atoms with van der Waals surface area (Å²) in [5.74, 6) is 0.485. The first-order valence-electron chi connectivity index (χ1n) is 8.49. The van der Waals surface area contributed by atoms with Gasteiger partial charge in [0, 0.05) is 0 Å². The third-order valence-corrected chi connectivity index (χ3v) is 5.15. The molecule has 0 aromatic heterocycles. The topological polar surface area (TPSA) is 120 Å². The normalized spacial score (nSPS) is 20.1. The summed E-state index contributed by atoms with van der Waals surface area (Å²) in [6, 6.07) is 5.83. The van der Waals surface area contributed by atoms with E-state index >= 15 is 0 Å². The van der Waals surface area contributed by atoms with Gasteiger partial charge in [0.05, 0.1) is 18.4 Å². The highest BCUT2D eigenvalue weighted by molar-refractivity contribution is 8.14. The molecule has 1 saturated heterocycles. The molecular formula is C17H23N3O6S. The monoisotopic (exact) mass is 397 g/mol. The number of methoxy groups -OCH3 is 1. The lowest BCUT2D eigenvalue weighted by molar-refractivity contribution is -0.758. The Bertz CT molecular complexity index is 682. The molecule has 2 rings (SSSR count). The number of rotatable bonds is 9. The molecule has 1 heterocycles. The van der Waals surface area contributed by atoms with Crippen molar-refractivity contribution in [2.45, 2.75) is 37.6 Å². The largest absolute Gasteiger partial charge is 0.497 e. The summed E-state index contributed by atoms with van der Waals surface area (Å²) in [6.45, 7) is 3.65. The molecule has 10 heteroatoms. The Kier molecular flexibility index (Phi) is 7.28. The van der Waals surface area contributed by atoms with Gasteiger partial charge in [-0.1, -0.05) is 37.7 Å². The molecule has 1 aromatic carbocycles. The number of amides is 2. The summed E-state index contributed by atoms with van der Waals surface area (Å²) >= 11 is 1.04. The van der Waals surface area contributed by atoms with E-state index in [9.17, 15) is 19.7 Å². The molecule has 0 bridgehead atoms. The number of hydrogen-bond acceptors (Lipinski definition) is 7. The van der Waals surface area contributed by atoms with E-state index in [2.05, 4.69) is 15.5 Å². The van der Waals surface area contributed by atoms with Crippen molar-refractivity contribution in [3.05, 3.63) is 39.9 Å². The molecule has 1 aliphatic heterocycles. The lowest BCUT2D eigenvalue weighted by Gasteiger charge is -2.23. The third-order valence-electron chi connectivity index (χ3n) is 4.02. The molecule has 1 unspecified atom stereocenters. The molecule has 0 spiro atoms. The summed E-state index contributed by atoms with van der Waals surface area (Å²) in [6.07, 6.45) is 0.514. The summed E-state index contributed by atoms with van der Waals surface area (Å²) in [4.78, 5) is 39.5. The minimum atomic E-state index is -0.882. The first-order chi connectivity index (χ1) is 12.8. The predicted molar refractivity (Wildman–Crippen MR) is 100.0 cm³/mol. The van der Waals surface area contributed by atoms with Crippen LogP contribution >= 0.6 is 11.8 Å². The minimum absolute atomic E-state index is 0.204. The average Bonchev–Trinajstić information content (AvgIpc) is 3.01. The molecule has 1 aliphatic rings. The van der Waals surface area contributed by atoms with Crippen molar-refractivity contribution in [2.24, 2.45) is 5.92 Å². The molecule has 2 amide bonds. The van der Waals surface area contributed by atoms with Crippen LogP contribution in [0.2, 0.25) is 0 Å². The highest BCUT2D eigenvalue weighted by Gasteiger charge is 2.40. The van der Waals surface area contributed by atoms with Crippen LogP contribution in [0.5, 0.6) is 5.75 Å². The zero-order chi connectivity index (χ0) is 20.0. The Morgan fingerprint density at radius 2 is 2.04 bits per heavy atom. The number of carbonyl (C=O) groups is 2. The second-order valence-electron chi connectivity index (χ2n) is 6.58. The first kappa shape index (κ1) is 20.8. The van der Waals surface area contributed by atoms with Crippen LogP contribution in [-0.2, 0) is 9.63 Å². The lowest BCUT2D eigenvalue weighted by Crippen LogP contribution is -2.49. The van der Waals surface area contributed by atoms with Gasteiger partial charge >= 0.3 is 0 Å². The highest BCUT2D eigenvalue weighted by atomic mass is 32.2. The summed E-state index contributed by atoms with van der Waals surface area (Å²) in [5.41, 5.74) is 0.807. The van der Waals surface area contributed by atoms with Crippen LogP contribution in [0.15, 0.2) is 24.3 Å². The molecule has 0 radical (unpaired) electrons. The Morgan fingerprint density at radius 1 is 1.37 bits per heavy atom. The van der Waals surface area contributed by atoms with Gasteiger partial charge in [-0.3, -0.25) is 9.59 Å². The molecule has 148 valence electrons. The fourth-order valence-electron chi connectivity index (χ4n) is 2.86. The van der Waals surface area contributed by atoms with Crippen molar-refractivity contribution in [1.29, 1.82) is 0 Å². The number of thioether (sulfide) groups is 1. The average molecular weight is 397 g/mol. The molecule has 0 aliphatic carbocycles.